The van der Waals surface area contributed by atoms with Crippen LogP contribution in [0.4, 0.5) is 5.69 Å². The summed E-state index contributed by atoms with van der Waals surface area (Å²) in [7, 11) is 0. The van der Waals surface area contributed by atoms with Gasteiger partial charge in [0.25, 0.3) is 0 Å². The average molecular weight is 287 g/mol. The standard InChI is InChI=1S/C21H21N/c1-12-10-18-14-9-8-13(21(2,3)4)11-17(14)15-6-5-7-16(19(15)18)20(12)22/h5-11H,22H2,1-4H3. The van der Waals surface area contributed by atoms with E-state index in [0.29, 0.717) is 0 Å². The Balaban J connectivity index is 2.12. The minimum atomic E-state index is 0.159. The SMILES string of the molecule is Cc1cc2c3c(cccc3c1N)-c1cc(C(C)(C)C)ccc1-2. The van der Waals surface area contributed by atoms with Gasteiger partial charge in [0.05, 0.1) is 0 Å². The predicted molar refractivity (Wildman–Crippen MR) is 96.2 cm³/mol. The number of nitrogen functional groups attached to an aromatic ring is 1. The molecule has 3 aromatic rings. The molecule has 0 fully saturated rings. The summed E-state index contributed by atoms with van der Waals surface area (Å²) >= 11 is 0. The fourth-order valence-electron chi connectivity index (χ4n) is 3.55. The maximum atomic E-state index is 6.32. The van der Waals surface area contributed by atoms with Crippen LogP contribution in [0.3, 0.4) is 0 Å². The van der Waals surface area contributed by atoms with Gasteiger partial charge < -0.3 is 5.73 Å². The van der Waals surface area contributed by atoms with Crippen molar-refractivity contribution in [3.63, 3.8) is 0 Å². The molecule has 0 atom stereocenters. The Labute approximate surface area is 131 Å². The van der Waals surface area contributed by atoms with Gasteiger partial charge in [-0.25, -0.2) is 0 Å². The van der Waals surface area contributed by atoms with E-state index in [1.165, 1.54) is 38.6 Å². The van der Waals surface area contributed by atoms with Gasteiger partial charge in [0.1, 0.15) is 0 Å². The summed E-state index contributed by atoms with van der Waals surface area (Å²) in [5.41, 5.74) is 15.2. The lowest BCUT2D eigenvalue weighted by Crippen LogP contribution is -2.10. The highest BCUT2D eigenvalue weighted by Crippen LogP contribution is 2.50. The van der Waals surface area contributed by atoms with Gasteiger partial charge in [-0.05, 0) is 63.2 Å². The maximum absolute atomic E-state index is 6.32. The number of fused-ring (bicyclic) bond motifs is 3. The van der Waals surface area contributed by atoms with Crippen LogP contribution in [0, 0.1) is 6.92 Å². The molecule has 0 amide bonds. The van der Waals surface area contributed by atoms with Crippen LogP contribution in [0.1, 0.15) is 31.9 Å². The molecule has 0 saturated carbocycles. The quantitative estimate of drug-likeness (QED) is 0.414. The molecular formula is C21H21N. The summed E-state index contributed by atoms with van der Waals surface area (Å²) in [4.78, 5) is 0. The van der Waals surface area contributed by atoms with Crippen LogP contribution in [0.15, 0.2) is 42.5 Å². The summed E-state index contributed by atoms with van der Waals surface area (Å²) in [5.74, 6) is 0. The molecule has 1 aliphatic carbocycles. The summed E-state index contributed by atoms with van der Waals surface area (Å²) < 4.78 is 0. The van der Waals surface area contributed by atoms with Gasteiger partial charge in [0.2, 0.25) is 0 Å². The van der Waals surface area contributed by atoms with E-state index in [0.717, 1.165) is 11.3 Å². The Bertz CT molecular complexity index is 927. The maximum Gasteiger partial charge on any atom is 0.0424 e. The van der Waals surface area contributed by atoms with Gasteiger partial charge in [-0.3, -0.25) is 0 Å². The van der Waals surface area contributed by atoms with E-state index in [1.54, 1.807) is 0 Å². The van der Waals surface area contributed by atoms with Crippen molar-refractivity contribution in [2.75, 3.05) is 5.73 Å². The Morgan fingerprint density at radius 2 is 1.59 bits per heavy atom. The van der Waals surface area contributed by atoms with E-state index in [-0.39, 0.29) is 5.41 Å². The molecule has 22 heavy (non-hydrogen) atoms. The van der Waals surface area contributed by atoms with Crippen molar-refractivity contribution in [3.8, 4) is 22.3 Å². The number of rotatable bonds is 0. The lowest BCUT2D eigenvalue weighted by atomic mass is 9.85. The first kappa shape index (κ1) is 13.4. The molecule has 1 nitrogen and oxygen atoms in total. The first-order valence-electron chi connectivity index (χ1n) is 7.85. The molecule has 0 heterocycles. The van der Waals surface area contributed by atoms with Crippen LogP contribution >= 0.6 is 0 Å². The van der Waals surface area contributed by atoms with Crippen LogP contribution in [-0.2, 0) is 5.41 Å². The van der Waals surface area contributed by atoms with E-state index in [2.05, 4.69) is 70.2 Å². The fraction of sp³-hybridized carbons (Fsp3) is 0.238. The molecule has 2 N–H and O–H groups in total. The first-order chi connectivity index (χ1) is 10.4. The predicted octanol–water partition coefficient (Wildman–Crippen LogP) is 5.68. The molecule has 110 valence electrons. The third kappa shape index (κ3) is 1.65. The lowest BCUT2D eigenvalue weighted by molar-refractivity contribution is 0.590. The number of anilines is 1. The van der Waals surface area contributed by atoms with Crippen molar-refractivity contribution >= 4 is 16.5 Å². The number of hydrogen-bond donors (Lipinski definition) is 1. The third-order valence-corrected chi connectivity index (χ3v) is 4.88. The molecule has 0 radical (unpaired) electrons. The number of hydrogen-bond acceptors (Lipinski definition) is 1. The molecule has 0 bridgehead atoms. The monoisotopic (exact) mass is 287 g/mol. The topological polar surface area (TPSA) is 26.0 Å². The second-order valence-electron chi connectivity index (χ2n) is 7.39. The second-order valence-corrected chi connectivity index (χ2v) is 7.39. The van der Waals surface area contributed by atoms with Crippen molar-refractivity contribution in [3.05, 3.63) is 53.6 Å². The summed E-state index contributed by atoms with van der Waals surface area (Å²) in [5, 5.41) is 2.49. The zero-order chi connectivity index (χ0) is 15.6. The van der Waals surface area contributed by atoms with Crippen LogP contribution < -0.4 is 5.73 Å². The highest BCUT2D eigenvalue weighted by molar-refractivity contribution is 6.18. The van der Waals surface area contributed by atoms with Gasteiger partial charge in [0, 0.05) is 11.1 Å². The van der Waals surface area contributed by atoms with Gasteiger partial charge in [0.15, 0.2) is 0 Å². The second kappa shape index (κ2) is 4.13. The molecule has 0 aliphatic heterocycles. The van der Waals surface area contributed by atoms with E-state index in [4.69, 9.17) is 5.73 Å². The summed E-state index contributed by atoms with van der Waals surface area (Å²) in [6, 6.07) is 15.6. The molecule has 0 unspecified atom stereocenters. The van der Waals surface area contributed by atoms with E-state index < -0.39 is 0 Å². The molecule has 0 saturated heterocycles. The van der Waals surface area contributed by atoms with Crippen LogP contribution in [-0.4, -0.2) is 0 Å². The fourth-order valence-corrected chi connectivity index (χ4v) is 3.55. The van der Waals surface area contributed by atoms with Crippen molar-refractivity contribution < 1.29 is 0 Å². The van der Waals surface area contributed by atoms with Crippen LogP contribution in [0.25, 0.3) is 33.0 Å². The van der Waals surface area contributed by atoms with Crippen molar-refractivity contribution in [1.82, 2.24) is 0 Å². The normalized spacial score (nSPS) is 12.7. The Morgan fingerprint density at radius 3 is 2.32 bits per heavy atom. The number of nitrogens with two attached hydrogens (primary N) is 1. The van der Waals surface area contributed by atoms with Crippen molar-refractivity contribution in [1.29, 1.82) is 0 Å². The summed E-state index contributed by atoms with van der Waals surface area (Å²) in [6.45, 7) is 8.89. The minimum Gasteiger partial charge on any atom is -0.398 e. The smallest absolute Gasteiger partial charge is 0.0424 e. The Hall–Kier alpha value is -2.28. The summed E-state index contributed by atoms with van der Waals surface area (Å²) in [6.07, 6.45) is 0. The van der Waals surface area contributed by atoms with Crippen LogP contribution in [0.2, 0.25) is 0 Å². The highest BCUT2D eigenvalue weighted by atomic mass is 14.6. The van der Waals surface area contributed by atoms with Crippen molar-refractivity contribution in [2.45, 2.75) is 33.1 Å². The van der Waals surface area contributed by atoms with E-state index in [9.17, 15) is 0 Å². The largest absolute Gasteiger partial charge is 0.398 e. The zero-order valence-electron chi connectivity index (χ0n) is 13.6. The zero-order valence-corrected chi connectivity index (χ0v) is 13.6. The first-order valence-corrected chi connectivity index (χ1v) is 7.85. The average Bonchev–Trinajstić information content (AvgIpc) is 2.79. The Morgan fingerprint density at radius 1 is 0.818 bits per heavy atom. The van der Waals surface area contributed by atoms with Gasteiger partial charge in [-0.1, -0.05) is 51.1 Å². The Kier molecular flexibility index (Phi) is 2.51. The molecular weight excluding hydrogens is 266 g/mol. The molecule has 0 spiro atoms. The van der Waals surface area contributed by atoms with E-state index >= 15 is 0 Å². The lowest BCUT2D eigenvalue weighted by Gasteiger charge is -2.20. The van der Waals surface area contributed by atoms with E-state index in [1.807, 2.05) is 0 Å². The number of aryl methyl sites for hydroxylation is 1. The van der Waals surface area contributed by atoms with Crippen LogP contribution in [0.5, 0.6) is 0 Å². The minimum absolute atomic E-state index is 0.159. The third-order valence-electron chi connectivity index (χ3n) is 4.88. The van der Waals surface area contributed by atoms with Gasteiger partial charge >= 0.3 is 0 Å². The molecule has 1 heteroatoms. The number of benzene rings is 3. The van der Waals surface area contributed by atoms with Crippen molar-refractivity contribution in [2.24, 2.45) is 0 Å². The molecule has 0 aromatic heterocycles. The molecule has 3 aromatic carbocycles. The molecule has 4 rings (SSSR count). The van der Waals surface area contributed by atoms with Gasteiger partial charge in [-0.15, -0.1) is 0 Å². The highest BCUT2D eigenvalue weighted by Gasteiger charge is 2.25. The molecule has 1 aliphatic rings. The van der Waals surface area contributed by atoms with Gasteiger partial charge in [-0.2, -0.15) is 0 Å².